The molecule has 1 atom stereocenters. The lowest BCUT2D eigenvalue weighted by molar-refractivity contribution is -0.122. The first-order chi connectivity index (χ1) is 9.01. The minimum Gasteiger partial charge on any atom is -0.336 e. The van der Waals surface area contributed by atoms with Crippen molar-refractivity contribution in [2.24, 2.45) is 0 Å². The highest BCUT2D eigenvalue weighted by atomic mass is 32.2. The van der Waals surface area contributed by atoms with Gasteiger partial charge in [0.25, 0.3) is 5.91 Å². The molecule has 2 aliphatic rings. The topological polar surface area (TPSA) is 23.6 Å². The van der Waals surface area contributed by atoms with Crippen LogP contribution in [0.4, 0.5) is 0 Å². The van der Waals surface area contributed by atoms with Gasteiger partial charge in [-0.3, -0.25) is 9.69 Å². The van der Waals surface area contributed by atoms with Gasteiger partial charge in [-0.1, -0.05) is 42.7 Å². The van der Waals surface area contributed by atoms with Gasteiger partial charge in [0.2, 0.25) is 0 Å². The fourth-order valence-electron chi connectivity index (χ4n) is 2.11. The second-order valence-electron chi connectivity index (χ2n) is 4.56. The summed E-state index contributed by atoms with van der Waals surface area (Å²) in [4.78, 5) is 17.1. The zero-order chi connectivity index (χ0) is 14.2. The summed E-state index contributed by atoms with van der Waals surface area (Å²) in [7, 11) is 0. The monoisotopic (exact) mass is 314 g/mol. The zero-order valence-electron chi connectivity index (χ0n) is 11.6. The van der Waals surface area contributed by atoms with Crippen molar-refractivity contribution < 1.29 is 4.79 Å². The van der Waals surface area contributed by atoms with Crippen LogP contribution >= 0.6 is 35.7 Å². The van der Waals surface area contributed by atoms with E-state index in [0.717, 1.165) is 16.4 Å². The maximum atomic E-state index is 12.4. The van der Waals surface area contributed by atoms with E-state index in [1.54, 1.807) is 16.7 Å². The fraction of sp³-hybridized carbons (Fsp3) is 0.538. The standard InChI is InChI=1S/C13H18N2OS3/c1-5-8(3)15-9(4)7-18-12(15)10-11(16)14(6-2)13(17)19-10/h7-8H,5-6H2,1-4H3. The van der Waals surface area contributed by atoms with Crippen LogP contribution in [-0.4, -0.2) is 32.6 Å². The molecule has 2 heterocycles. The van der Waals surface area contributed by atoms with Gasteiger partial charge >= 0.3 is 0 Å². The molecule has 0 spiro atoms. The third kappa shape index (κ3) is 2.58. The molecule has 19 heavy (non-hydrogen) atoms. The Morgan fingerprint density at radius 3 is 2.63 bits per heavy atom. The molecule has 6 heteroatoms. The molecule has 0 aromatic heterocycles. The third-order valence-corrected chi connectivity index (χ3v) is 5.98. The molecule has 1 amide bonds. The van der Waals surface area contributed by atoms with Gasteiger partial charge in [0.15, 0.2) is 0 Å². The van der Waals surface area contributed by atoms with Crippen LogP contribution in [0.5, 0.6) is 0 Å². The summed E-state index contributed by atoms with van der Waals surface area (Å²) < 4.78 is 0.671. The molecule has 0 N–H and O–H groups in total. The first-order valence-corrected chi connectivity index (χ1v) is 8.52. The van der Waals surface area contributed by atoms with E-state index in [9.17, 15) is 4.79 Å². The molecule has 0 aromatic carbocycles. The second kappa shape index (κ2) is 5.89. The number of hydrogen-bond donors (Lipinski definition) is 0. The molecule has 2 rings (SSSR count). The Bertz CT molecular complexity index is 484. The normalized spacial score (nSPS) is 25.4. The summed E-state index contributed by atoms with van der Waals surface area (Å²) in [6.07, 6.45) is 1.04. The van der Waals surface area contributed by atoms with Gasteiger partial charge in [-0.15, -0.1) is 0 Å². The minimum atomic E-state index is 0.0522. The Balaban J connectivity index is 2.38. The summed E-state index contributed by atoms with van der Waals surface area (Å²) in [5, 5.41) is 3.15. The van der Waals surface area contributed by atoms with Crippen molar-refractivity contribution in [2.75, 3.05) is 6.54 Å². The number of thiocarbonyl (C=S) groups is 1. The molecular formula is C13H18N2OS3. The van der Waals surface area contributed by atoms with Crippen LogP contribution in [0.15, 0.2) is 21.0 Å². The quantitative estimate of drug-likeness (QED) is 0.583. The first-order valence-electron chi connectivity index (χ1n) is 6.41. The Kier molecular flexibility index (Phi) is 4.63. The molecule has 0 bridgehead atoms. The van der Waals surface area contributed by atoms with E-state index in [2.05, 4.69) is 31.1 Å². The van der Waals surface area contributed by atoms with Crippen molar-refractivity contribution in [3.63, 3.8) is 0 Å². The van der Waals surface area contributed by atoms with Crippen molar-refractivity contribution in [1.29, 1.82) is 0 Å². The average molecular weight is 315 g/mol. The first kappa shape index (κ1) is 14.9. The Morgan fingerprint density at radius 1 is 1.42 bits per heavy atom. The molecule has 1 saturated heterocycles. The molecule has 2 aliphatic heterocycles. The van der Waals surface area contributed by atoms with E-state index in [1.807, 2.05) is 6.92 Å². The molecule has 3 nitrogen and oxygen atoms in total. The number of rotatable bonds is 3. The van der Waals surface area contributed by atoms with Crippen molar-refractivity contribution in [2.45, 2.75) is 40.2 Å². The van der Waals surface area contributed by atoms with Crippen LogP contribution in [0.2, 0.25) is 0 Å². The van der Waals surface area contributed by atoms with Crippen LogP contribution in [0.3, 0.4) is 0 Å². The summed E-state index contributed by atoms with van der Waals surface area (Å²) in [6, 6.07) is 0.395. The highest BCUT2D eigenvalue weighted by Gasteiger charge is 2.37. The van der Waals surface area contributed by atoms with Crippen molar-refractivity contribution in [3.05, 3.63) is 21.0 Å². The van der Waals surface area contributed by atoms with E-state index >= 15 is 0 Å². The molecule has 1 fully saturated rings. The maximum absolute atomic E-state index is 12.4. The maximum Gasteiger partial charge on any atom is 0.268 e. The van der Waals surface area contributed by atoms with Gasteiger partial charge in [0.05, 0.1) is 5.03 Å². The van der Waals surface area contributed by atoms with Crippen molar-refractivity contribution in [1.82, 2.24) is 9.80 Å². The summed E-state index contributed by atoms with van der Waals surface area (Å²) in [5.41, 5.74) is 1.20. The number of carbonyl (C=O) groups is 1. The number of thioether (sulfide) groups is 2. The van der Waals surface area contributed by atoms with Gasteiger partial charge < -0.3 is 4.90 Å². The summed E-state index contributed by atoms with van der Waals surface area (Å²) >= 11 is 8.34. The molecule has 1 unspecified atom stereocenters. The summed E-state index contributed by atoms with van der Waals surface area (Å²) in [5.74, 6) is 0.0522. The van der Waals surface area contributed by atoms with Gasteiger partial charge in [-0.25, -0.2) is 0 Å². The minimum absolute atomic E-state index is 0.0522. The second-order valence-corrected chi connectivity index (χ2v) is 7.06. The highest BCUT2D eigenvalue weighted by Crippen LogP contribution is 2.44. The van der Waals surface area contributed by atoms with Crippen LogP contribution < -0.4 is 0 Å². The van der Waals surface area contributed by atoms with Crippen LogP contribution in [0, 0.1) is 0 Å². The van der Waals surface area contributed by atoms with Crippen LogP contribution in [0.25, 0.3) is 0 Å². The molecular weight excluding hydrogens is 296 g/mol. The molecule has 0 radical (unpaired) electrons. The number of amides is 1. The van der Waals surface area contributed by atoms with Gasteiger partial charge in [-0.2, -0.15) is 0 Å². The smallest absolute Gasteiger partial charge is 0.268 e. The number of carbonyl (C=O) groups excluding carboxylic acids is 1. The van der Waals surface area contributed by atoms with Crippen molar-refractivity contribution in [3.8, 4) is 0 Å². The Labute approximate surface area is 128 Å². The number of nitrogens with zero attached hydrogens (tertiary/aromatic N) is 2. The Morgan fingerprint density at radius 2 is 2.11 bits per heavy atom. The average Bonchev–Trinajstić information content (AvgIpc) is 2.89. The van der Waals surface area contributed by atoms with E-state index in [4.69, 9.17) is 12.2 Å². The number of allylic oxidation sites excluding steroid dienone is 1. The van der Waals surface area contributed by atoms with E-state index in [1.165, 1.54) is 17.5 Å². The predicted molar refractivity (Wildman–Crippen MR) is 87.5 cm³/mol. The molecule has 0 aromatic rings. The molecule has 104 valence electrons. The van der Waals surface area contributed by atoms with Crippen molar-refractivity contribution >= 4 is 46.0 Å². The Hall–Kier alpha value is -0.460. The lowest BCUT2D eigenvalue weighted by Gasteiger charge is -2.28. The zero-order valence-corrected chi connectivity index (χ0v) is 14.0. The number of hydrogen-bond acceptors (Lipinski definition) is 5. The number of likely N-dealkylation sites (N-methyl/N-ethyl adjacent to an activating group) is 1. The highest BCUT2D eigenvalue weighted by molar-refractivity contribution is 8.27. The third-order valence-electron chi connectivity index (χ3n) is 3.33. The van der Waals surface area contributed by atoms with E-state index < -0.39 is 0 Å². The lowest BCUT2D eigenvalue weighted by atomic mass is 10.2. The van der Waals surface area contributed by atoms with Gasteiger partial charge in [0, 0.05) is 18.3 Å². The van der Waals surface area contributed by atoms with E-state index in [0.29, 0.717) is 16.9 Å². The molecule has 0 saturated carbocycles. The van der Waals surface area contributed by atoms with Gasteiger partial charge in [-0.05, 0) is 32.6 Å². The van der Waals surface area contributed by atoms with E-state index in [-0.39, 0.29) is 5.91 Å². The fourth-order valence-corrected chi connectivity index (χ4v) is 4.75. The van der Waals surface area contributed by atoms with Crippen LogP contribution in [-0.2, 0) is 4.79 Å². The molecule has 0 aliphatic carbocycles. The SMILES string of the molecule is CCC(C)N1C(C)=CSC1=C1SC(=S)N(CC)C1=O. The summed E-state index contributed by atoms with van der Waals surface area (Å²) in [6.45, 7) is 9.03. The predicted octanol–water partition coefficient (Wildman–Crippen LogP) is 3.74. The largest absolute Gasteiger partial charge is 0.336 e. The van der Waals surface area contributed by atoms with Gasteiger partial charge in [0.1, 0.15) is 9.23 Å². The lowest BCUT2D eigenvalue weighted by Crippen LogP contribution is -2.30. The van der Waals surface area contributed by atoms with Crippen LogP contribution in [0.1, 0.15) is 34.1 Å².